The molecule has 0 saturated carbocycles. The van der Waals surface area contributed by atoms with Crippen molar-refractivity contribution in [3.8, 4) is 0 Å². The number of nitrogens with one attached hydrogen (secondary N) is 2. The van der Waals surface area contributed by atoms with Crippen molar-refractivity contribution < 1.29 is 9.59 Å². The third-order valence-corrected chi connectivity index (χ3v) is 6.09. The third-order valence-electron chi connectivity index (χ3n) is 5.06. The molecular formula is C23H29N3O2S. The van der Waals surface area contributed by atoms with Gasteiger partial charge in [0.05, 0.1) is 0 Å². The molecule has 2 aromatic rings. The predicted octanol–water partition coefficient (Wildman–Crippen LogP) is 5.41. The van der Waals surface area contributed by atoms with Crippen LogP contribution < -0.4 is 10.7 Å². The Labute approximate surface area is 177 Å². The first-order chi connectivity index (χ1) is 14.1. The number of hydrazine groups is 1. The summed E-state index contributed by atoms with van der Waals surface area (Å²) in [6.45, 7) is 3.89. The summed E-state index contributed by atoms with van der Waals surface area (Å²) in [7, 11) is 0. The number of rotatable bonds is 10. The smallest absolute Gasteiger partial charge is 0.244 e. The molecule has 0 bridgehead atoms. The normalized spacial score (nSPS) is 15.0. The molecule has 0 aliphatic carbocycles. The summed E-state index contributed by atoms with van der Waals surface area (Å²) in [6.07, 6.45) is 4.74. The molecule has 0 spiro atoms. The van der Waals surface area contributed by atoms with Gasteiger partial charge in [0.2, 0.25) is 5.91 Å². The lowest BCUT2D eigenvalue weighted by atomic mass is 10.0. The maximum atomic E-state index is 13.1. The van der Waals surface area contributed by atoms with Crippen molar-refractivity contribution in [2.75, 3.05) is 5.32 Å². The van der Waals surface area contributed by atoms with Gasteiger partial charge in [-0.3, -0.25) is 9.59 Å². The van der Waals surface area contributed by atoms with Crippen molar-refractivity contribution in [3.63, 3.8) is 0 Å². The lowest BCUT2D eigenvalue weighted by Crippen LogP contribution is -2.44. The fourth-order valence-corrected chi connectivity index (χ4v) is 4.24. The Morgan fingerprint density at radius 2 is 1.90 bits per heavy atom. The molecule has 3 rings (SSSR count). The number of hydrogen-bond donors (Lipinski definition) is 2. The van der Waals surface area contributed by atoms with Gasteiger partial charge in [0.1, 0.15) is 11.8 Å². The molecular weight excluding hydrogens is 382 g/mol. The third kappa shape index (κ3) is 6.08. The summed E-state index contributed by atoms with van der Waals surface area (Å²) in [5.74, 6) is 0.292. The Morgan fingerprint density at radius 1 is 1.10 bits per heavy atom. The second-order valence-electron chi connectivity index (χ2n) is 7.40. The highest BCUT2D eigenvalue weighted by Crippen LogP contribution is 2.26. The van der Waals surface area contributed by atoms with Gasteiger partial charge in [-0.15, -0.1) is 4.41 Å². The zero-order valence-corrected chi connectivity index (χ0v) is 17.9. The highest BCUT2D eigenvalue weighted by Gasteiger charge is 2.28. The minimum absolute atomic E-state index is 0.0204. The van der Waals surface area contributed by atoms with Crippen LogP contribution in [0.3, 0.4) is 0 Å². The van der Waals surface area contributed by atoms with Crippen LogP contribution in [-0.2, 0) is 9.59 Å². The number of carbonyl (C=O) groups is 2. The summed E-state index contributed by atoms with van der Waals surface area (Å²) in [5, 5.41) is 7.35. The first kappa shape index (κ1) is 21.4. The summed E-state index contributed by atoms with van der Waals surface area (Å²) in [4.78, 5) is 24.5. The number of ketones is 1. The molecule has 2 aromatic carbocycles. The van der Waals surface area contributed by atoms with Gasteiger partial charge >= 0.3 is 0 Å². The van der Waals surface area contributed by atoms with E-state index in [1.165, 1.54) is 11.9 Å². The number of Topliss-reactive ketones (excluding diaryl/α,β-unsaturated/α-hetero) is 1. The summed E-state index contributed by atoms with van der Waals surface area (Å²) >= 11 is 1.52. The first-order valence-corrected chi connectivity index (χ1v) is 11.1. The molecule has 1 heterocycles. The summed E-state index contributed by atoms with van der Waals surface area (Å²) in [5.41, 5.74) is 5.10. The number of benzene rings is 2. The van der Waals surface area contributed by atoms with Crippen molar-refractivity contribution in [1.29, 1.82) is 0 Å². The van der Waals surface area contributed by atoms with Gasteiger partial charge in [-0.1, -0.05) is 50.1 Å². The number of nitrogens with zero attached hydrogens (tertiary/aromatic N) is 1. The zero-order chi connectivity index (χ0) is 20.6. The van der Waals surface area contributed by atoms with Gasteiger partial charge in [-0.25, -0.2) is 0 Å². The maximum Gasteiger partial charge on any atom is 0.244 e. The number of carbonyl (C=O) groups excluding carboxylic acids is 2. The fourth-order valence-electron chi connectivity index (χ4n) is 3.37. The predicted molar refractivity (Wildman–Crippen MR) is 121 cm³/mol. The highest BCUT2D eigenvalue weighted by atomic mass is 32.2. The highest BCUT2D eigenvalue weighted by molar-refractivity contribution is 8.00. The molecule has 5 nitrogen and oxygen atoms in total. The quantitative estimate of drug-likeness (QED) is 0.404. The molecule has 1 aliphatic rings. The van der Waals surface area contributed by atoms with Crippen LogP contribution in [0.1, 0.15) is 52.4 Å². The SMILES string of the molecule is CCC(=O)CCCCCC(C(=O)Nc1ccc2ccccc2c1)N1NC(C)=CS1. The average Bonchev–Trinajstić information content (AvgIpc) is 3.16. The molecule has 0 saturated heterocycles. The molecule has 1 aliphatic heterocycles. The largest absolute Gasteiger partial charge is 0.325 e. The molecule has 1 atom stereocenters. The van der Waals surface area contributed by atoms with Gasteiger partial charge in [0.15, 0.2) is 0 Å². The van der Waals surface area contributed by atoms with Crippen molar-refractivity contribution in [1.82, 2.24) is 9.84 Å². The van der Waals surface area contributed by atoms with Crippen LogP contribution in [0.2, 0.25) is 0 Å². The molecule has 1 unspecified atom stereocenters. The Kier molecular flexibility index (Phi) is 7.72. The number of allylic oxidation sites excluding steroid dienone is 1. The van der Waals surface area contributed by atoms with E-state index in [1.54, 1.807) is 0 Å². The molecule has 6 heteroatoms. The van der Waals surface area contributed by atoms with Gasteiger partial charge in [0, 0.05) is 29.6 Å². The minimum Gasteiger partial charge on any atom is -0.325 e. The van der Waals surface area contributed by atoms with Crippen LogP contribution in [0.15, 0.2) is 53.6 Å². The average molecular weight is 412 g/mol. The molecule has 29 heavy (non-hydrogen) atoms. The first-order valence-electron chi connectivity index (χ1n) is 10.3. The van der Waals surface area contributed by atoms with Gasteiger partial charge in [-0.05, 0) is 54.6 Å². The van der Waals surface area contributed by atoms with Crippen LogP contribution in [0.25, 0.3) is 10.8 Å². The van der Waals surface area contributed by atoms with E-state index in [4.69, 9.17) is 0 Å². The maximum absolute atomic E-state index is 13.1. The Morgan fingerprint density at radius 3 is 2.62 bits per heavy atom. The molecule has 154 valence electrons. The standard InChI is InChI=1S/C23H29N3O2S/c1-3-21(27)11-5-4-6-12-22(26-25-17(2)16-29-26)23(28)24-20-14-13-18-9-7-8-10-19(18)15-20/h7-10,13-16,22,25H,3-6,11-12H2,1-2H3,(H,24,28). The van der Waals surface area contributed by atoms with Crippen LogP contribution in [0, 0.1) is 0 Å². The zero-order valence-electron chi connectivity index (χ0n) is 17.1. The van der Waals surface area contributed by atoms with Gasteiger partial charge < -0.3 is 10.7 Å². The summed E-state index contributed by atoms with van der Waals surface area (Å²) in [6, 6.07) is 13.8. The Hall–Kier alpha value is -2.31. The van der Waals surface area contributed by atoms with E-state index in [0.717, 1.165) is 47.8 Å². The van der Waals surface area contributed by atoms with E-state index < -0.39 is 0 Å². The van der Waals surface area contributed by atoms with E-state index in [1.807, 2.05) is 60.1 Å². The molecule has 0 radical (unpaired) electrons. The number of amides is 1. The monoisotopic (exact) mass is 411 g/mol. The van der Waals surface area contributed by atoms with E-state index in [9.17, 15) is 9.59 Å². The van der Waals surface area contributed by atoms with Crippen molar-refractivity contribution in [2.45, 2.75) is 58.4 Å². The van der Waals surface area contributed by atoms with Crippen molar-refractivity contribution in [3.05, 3.63) is 53.6 Å². The van der Waals surface area contributed by atoms with Crippen LogP contribution in [-0.4, -0.2) is 22.1 Å². The minimum atomic E-state index is -0.290. The van der Waals surface area contributed by atoms with E-state index in [2.05, 4.69) is 16.8 Å². The van der Waals surface area contributed by atoms with Crippen LogP contribution in [0.5, 0.6) is 0 Å². The van der Waals surface area contributed by atoms with E-state index in [-0.39, 0.29) is 11.9 Å². The van der Waals surface area contributed by atoms with Gasteiger partial charge in [0.25, 0.3) is 0 Å². The second kappa shape index (κ2) is 10.5. The lowest BCUT2D eigenvalue weighted by molar-refractivity contribution is -0.120. The summed E-state index contributed by atoms with van der Waals surface area (Å²) < 4.78 is 1.92. The Bertz CT molecular complexity index is 897. The topological polar surface area (TPSA) is 61.4 Å². The number of fused-ring (bicyclic) bond motifs is 1. The number of anilines is 1. The van der Waals surface area contributed by atoms with Gasteiger partial charge in [-0.2, -0.15) is 0 Å². The molecule has 0 aromatic heterocycles. The fraction of sp³-hybridized carbons (Fsp3) is 0.391. The van der Waals surface area contributed by atoms with E-state index in [0.29, 0.717) is 18.6 Å². The van der Waals surface area contributed by atoms with Crippen LogP contribution >= 0.6 is 11.9 Å². The second-order valence-corrected chi connectivity index (χ2v) is 8.24. The van der Waals surface area contributed by atoms with Crippen molar-refractivity contribution >= 4 is 40.1 Å². The molecule has 0 fully saturated rings. The van der Waals surface area contributed by atoms with Crippen molar-refractivity contribution in [2.24, 2.45) is 0 Å². The Balaban J connectivity index is 1.61. The van der Waals surface area contributed by atoms with Crippen LogP contribution in [0.4, 0.5) is 5.69 Å². The number of unbranched alkanes of at least 4 members (excludes halogenated alkanes) is 2. The van der Waals surface area contributed by atoms with E-state index >= 15 is 0 Å². The lowest BCUT2D eigenvalue weighted by Gasteiger charge is -2.26. The molecule has 2 N–H and O–H groups in total. The molecule has 1 amide bonds. The number of hydrogen-bond acceptors (Lipinski definition) is 5.